The lowest BCUT2D eigenvalue weighted by Gasteiger charge is -2.39. The number of amides is 1. The molecule has 0 aromatic rings. The second-order valence-corrected chi connectivity index (χ2v) is 8.28. The van der Waals surface area contributed by atoms with E-state index in [2.05, 4.69) is 22.5 Å². The van der Waals surface area contributed by atoms with Crippen molar-refractivity contribution in [2.45, 2.75) is 70.4 Å². The Balaban J connectivity index is 1.86. The summed E-state index contributed by atoms with van der Waals surface area (Å²) in [6.07, 6.45) is 7.95. The molecule has 6 nitrogen and oxygen atoms in total. The molecule has 0 aliphatic heterocycles. The van der Waals surface area contributed by atoms with Gasteiger partial charge in [0.15, 0.2) is 5.96 Å². The van der Waals surface area contributed by atoms with Crippen molar-refractivity contribution in [3.8, 4) is 0 Å². The molecule has 144 valence electrons. The molecule has 0 spiro atoms. The first-order valence-electron chi connectivity index (χ1n) is 9.72. The summed E-state index contributed by atoms with van der Waals surface area (Å²) in [5.74, 6) is 1.12. The quantitative estimate of drug-likeness (QED) is 0.532. The van der Waals surface area contributed by atoms with E-state index in [1.165, 1.54) is 6.42 Å². The van der Waals surface area contributed by atoms with Gasteiger partial charge >= 0.3 is 0 Å². The van der Waals surface area contributed by atoms with Crippen LogP contribution in [0.5, 0.6) is 0 Å². The SMILES string of the molecule is CN=C(NCC1(C)CCCCC1O)NC1CCCC(C(=O)N(C)C)C1. The van der Waals surface area contributed by atoms with Gasteiger partial charge in [-0.25, -0.2) is 0 Å². The Kier molecular flexibility index (Phi) is 7.11. The number of aliphatic hydroxyl groups is 1. The average molecular weight is 353 g/mol. The molecule has 2 saturated carbocycles. The third-order valence-corrected chi connectivity index (χ3v) is 5.97. The van der Waals surface area contributed by atoms with Crippen molar-refractivity contribution in [2.75, 3.05) is 27.7 Å². The molecule has 0 aromatic heterocycles. The Labute approximate surface area is 152 Å². The van der Waals surface area contributed by atoms with Gasteiger partial charge in [-0.2, -0.15) is 0 Å². The number of nitrogens with zero attached hydrogens (tertiary/aromatic N) is 2. The molecule has 2 aliphatic rings. The predicted molar refractivity (Wildman–Crippen MR) is 102 cm³/mol. The van der Waals surface area contributed by atoms with Crippen molar-refractivity contribution >= 4 is 11.9 Å². The zero-order valence-corrected chi connectivity index (χ0v) is 16.3. The molecule has 1 amide bonds. The van der Waals surface area contributed by atoms with Crippen LogP contribution in [0.3, 0.4) is 0 Å². The van der Waals surface area contributed by atoms with E-state index >= 15 is 0 Å². The van der Waals surface area contributed by atoms with Crippen molar-refractivity contribution in [3.63, 3.8) is 0 Å². The minimum Gasteiger partial charge on any atom is -0.392 e. The molecule has 0 heterocycles. The summed E-state index contributed by atoms with van der Waals surface area (Å²) in [5.41, 5.74) is -0.0914. The minimum absolute atomic E-state index is 0.0914. The van der Waals surface area contributed by atoms with E-state index in [-0.39, 0.29) is 29.4 Å². The fourth-order valence-corrected chi connectivity index (χ4v) is 4.17. The summed E-state index contributed by atoms with van der Waals surface area (Å²) in [5, 5.41) is 17.2. The van der Waals surface area contributed by atoms with E-state index in [1.54, 1.807) is 11.9 Å². The van der Waals surface area contributed by atoms with E-state index < -0.39 is 0 Å². The van der Waals surface area contributed by atoms with Gasteiger partial charge in [-0.05, 0) is 32.1 Å². The number of carbonyl (C=O) groups is 1. The standard InChI is InChI=1S/C19H36N4O2/c1-19(11-6-5-10-16(19)24)13-21-18(20-2)22-15-9-7-8-14(12-15)17(25)23(3)4/h14-16,24H,5-13H2,1-4H3,(H2,20,21,22). The Morgan fingerprint density at radius 2 is 2.00 bits per heavy atom. The molecular formula is C19H36N4O2. The maximum Gasteiger partial charge on any atom is 0.225 e. The first-order chi connectivity index (χ1) is 11.9. The number of guanidine groups is 1. The van der Waals surface area contributed by atoms with Crippen molar-refractivity contribution in [3.05, 3.63) is 0 Å². The smallest absolute Gasteiger partial charge is 0.225 e. The van der Waals surface area contributed by atoms with E-state index in [9.17, 15) is 9.90 Å². The van der Waals surface area contributed by atoms with Crippen LogP contribution in [0.25, 0.3) is 0 Å². The van der Waals surface area contributed by atoms with Crippen LogP contribution >= 0.6 is 0 Å². The topological polar surface area (TPSA) is 77.0 Å². The molecule has 3 N–H and O–H groups in total. The summed E-state index contributed by atoms with van der Waals surface area (Å²) in [6, 6.07) is 0.276. The van der Waals surface area contributed by atoms with Gasteiger partial charge in [0.1, 0.15) is 0 Å². The Bertz CT molecular complexity index is 480. The summed E-state index contributed by atoms with van der Waals surface area (Å²) in [7, 11) is 5.44. The van der Waals surface area contributed by atoms with Crippen LogP contribution in [-0.2, 0) is 4.79 Å². The minimum atomic E-state index is -0.247. The van der Waals surface area contributed by atoms with Crippen LogP contribution in [0.2, 0.25) is 0 Å². The van der Waals surface area contributed by atoms with Crippen LogP contribution in [0, 0.1) is 11.3 Å². The van der Waals surface area contributed by atoms with Crippen LogP contribution in [-0.4, -0.2) is 61.7 Å². The van der Waals surface area contributed by atoms with Crippen LogP contribution in [0.1, 0.15) is 58.3 Å². The highest BCUT2D eigenvalue weighted by molar-refractivity contribution is 5.81. The molecular weight excluding hydrogens is 316 g/mol. The van der Waals surface area contributed by atoms with Gasteiger partial charge in [-0.15, -0.1) is 0 Å². The number of hydrogen-bond acceptors (Lipinski definition) is 3. The monoisotopic (exact) mass is 352 g/mol. The normalized spacial score (nSPS) is 33.6. The largest absolute Gasteiger partial charge is 0.392 e. The highest BCUT2D eigenvalue weighted by Gasteiger charge is 2.35. The number of carbonyl (C=O) groups excluding carboxylic acids is 1. The van der Waals surface area contributed by atoms with E-state index in [0.717, 1.165) is 57.5 Å². The maximum atomic E-state index is 12.2. The van der Waals surface area contributed by atoms with Crippen LogP contribution in [0.15, 0.2) is 4.99 Å². The van der Waals surface area contributed by atoms with Gasteiger partial charge in [0, 0.05) is 45.1 Å². The van der Waals surface area contributed by atoms with Gasteiger partial charge in [-0.3, -0.25) is 9.79 Å². The second kappa shape index (κ2) is 8.88. The first-order valence-corrected chi connectivity index (χ1v) is 9.72. The molecule has 2 fully saturated rings. The molecule has 0 saturated heterocycles. The molecule has 4 atom stereocenters. The summed E-state index contributed by atoms with van der Waals surface area (Å²) in [6.45, 7) is 2.88. The number of aliphatic imine (C=N–C) groups is 1. The van der Waals surface area contributed by atoms with Gasteiger partial charge in [0.05, 0.1) is 6.10 Å². The van der Waals surface area contributed by atoms with Gasteiger partial charge in [0.25, 0.3) is 0 Å². The summed E-state index contributed by atoms with van der Waals surface area (Å²) < 4.78 is 0. The average Bonchev–Trinajstić information content (AvgIpc) is 2.60. The number of nitrogens with one attached hydrogen (secondary N) is 2. The summed E-state index contributed by atoms with van der Waals surface area (Å²) >= 11 is 0. The second-order valence-electron chi connectivity index (χ2n) is 8.28. The van der Waals surface area contributed by atoms with E-state index in [1.807, 2.05) is 14.1 Å². The van der Waals surface area contributed by atoms with Gasteiger partial charge in [0.2, 0.25) is 5.91 Å². The highest BCUT2D eigenvalue weighted by atomic mass is 16.3. The number of aliphatic hydroxyl groups excluding tert-OH is 1. The molecule has 6 heteroatoms. The Hall–Kier alpha value is -1.30. The molecule has 0 aromatic carbocycles. The van der Waals surface area contributed by atoms with Crippen molar-refractivity contribution in [1.29, 1.82) is 0 Å². The molecule has 2 aliphatic carbocycles. The summed E-state index contributed by atoms with van der Waals surface area (Å²) in [4.78, 5) is 18.3. The molecule has 2 rings (SSSR count). The Morgan fingerprint density at radius 1 is 1.24 bits per heavy atom. The molecule has 0 radical (unpaired) electrons. The number of rotatable bonds is 4. The fraction of sp³-hybridized carbons (Fsp3) is 0.895. The lowest BCUT2D eigenvalue weighted by Crippen LogP contribution is -2.51. The lowest BCUT2D eigenvalue weighted by atomic mass is 9.73. The van der Waals surface area contributed by atoms with Crippen LogP contribution in [0.4, 0.5) is 0 Å². The zero-order chi connectivity index (χ0) is 18.4. The lowest BCUT2D eigenvalue weighted by molar-refractivity contribution is -0.134. The molecule has 4 unspecified atom stereocenters. The van der Waals surface area contributed by atoms with Crippen molar-refractivity contribution in [1.82, 2.24) is 15.5 Å². The zero-order valence-electron chi connectivity index (χ0n) is 16.3. The molecule has 0 bridgehead atoms. The predicted octanol–water partition coefficient (Wildman–Crippen LogP) is 1.74. The van der Waals surface area contributed by atoms with Crippen molar-refractivity contribution in [2.24, 2.45) is 16.3 Å². The number of hydrogen-bond donors (Lipinski definition) is 3. The fourth-order valence-electron chi connectivity index (χ4n) is 4.17. The van der Waals surface area contributed by atoms with Crippen LogP contribution < -0.4 is 10.6 Å². The first kappa shape index (κ1) is 20.0. The Morgan fingerprint density at radius 3 is 2.64 bits per heavy atom. The third kappa shape index (κ3) is 5.33. The highest BCUT2D eigenvalue weighted by Crippen LogP contribution is 2.35. The third-order valence-electron chi connectivity index (χ3n) is 5.97. The van der Waals surface area contributed by atoms with Gasteiger partial charge < -0.3 is 20.6 Å². The van der Waals surface area contributed by atoms with E-state index in [0.29, 0.717) is 0 Å². The van der Waals surface area contributed by atoms with Gasteiger partial charge in [-0.1, -0.05) is 26.2 Å². The van der Waals surface area contributed by atoms with E-state index in [4.69, 9.17) is 0 Å². The van der Waals surface area contributed by atoms with Crippen molar-refractivity contribution < 1.29 is 9.90 Å². The molecule has 25 heavy (non-hydrogen) atoms. The maximum absolute atomic E-state index is 12.2.